The first-order chi connectivity index (χ1) is 10.1. The lowest BCUT2D eigenvalue weighted by atomic mass is 10.1. The van der Waals surface area contributed by atoms with E-state index in [0.717, 1.165) is 12.8 Å². The molecule has 1 amide bonds. The summed E-state index contributed by atoms with van der Waals surface area (Å²) in [6.07, 6.45) is 12.4. The molecule has 0 heterocycles. The van der Waals surface area contributed by atoms with Gasteiger partial charge in [0.1, 0.15) is 0 Å². The summed E-state index contributed by atoms with van der Waals surface area (Å²) < 4.78 is 0. The molecule has 0 fully saturated rings. The van der Waals surface area contributed by atoms with Gasteiger partial charge in [0.15, 0.2) is 0 Å². The maximum Gasteiger partial charge on any atom is 0.303 e. The molecule has 0 aliphatic rings. The number of carbonyl (C=O) groups excluding carboxylic acids is 1. The molecule has 0 aliphatic heterocycles. The van der Waals surface area contributed by atoms with E-state index in [2.05, 4.69) is 12.2 Å². The van der Waals surface area contributed by atoms with Crippen LogP contribution in [0.15, 0.2) is 0 Å². The summed E-state index contributed by atoms with van der Waals surface area (Å²) in [5, 5.41) is 11.4. The van der Waals surface area contributed by atoms with Crippen molar-refractivity contribution >= 4 is 11.9 Å². The number of carboxylic acids is 1. The van der Waals surface area contributed by atoms with E-state index in [1.54, 1.807) is 0 Å². The molecular weight excluding hydrogens is 266 g/mol. The first-order valence-electron chi connectivity index (χ1n) is 8.57. The molecule has 0 aromatic carbocycles. The smallest absolute Gasteiger partial charge is 0.303 e. The average molecular weight is 299 g/mol. The fraction of sp³-hybridized carbons (Fsp3) is 0.882. The van der Waals surface area contributed by atoms with Crippen molar-refractivity contribution in [2.24, 2.45) is 0 Å². The topological polar surface area (TPSA) is 66.4 Å². The van der Waals surface area contributed by atoms with Gasteiger partial charge in [-0.05, 0) is 19.8 Å². The van der Waals surface area contributed by atoms with Gasteiger partial charge in [-0.25, -0.2) is 0 Å². The molecule has 4 heteroatoms. The van der Waals surface area contributed by atoms with Crippen molar-refractivity contribution in [3.63, 3.8) is 0 Å². The van der Waals surface area contributed by atoms with E-state index in [1.807, 2.05) is 6.92 Å². The Balaban J connectivity index is 3.35. The second-order valence-corrected chi connectivity index (χ2v) is 5.98. The number of carboxylic acid groups (broad SMARTS) is 1. The van der Waals surface area contributed by atoms with Crippen LogP contribution in [-0.4, -0.2) is 23.0 Å². The Hall–Kier alpha value is -1.06. The third kappa shape index (κ3) is 15.2. The molecule has 0 aliphatic carbocycles. The van der Waals surface area contributed by atoms with E-state index in [4.69, 9.17) is 5.11 Å². The number of aliphatic carboxylic acids is 1. The monoisotopic (exact) mass is 299 g/mol. The third-order valence-corrected chi connectivity index (χ3v) is 3.71. The Labute approximate surface area is 129 Å². The molecule has 0 aromatic heterocycles. The highest BCUT2D eigenvalue weighted by molar-refractivity contribution is 5.76. The summed E-state index contributed by atoms with van der Waals surface area (Å²) in [6.45, 7) is 4.09. The average Bonchev–Trinajstić information content (AvgIpc) is 2.43. The van der Waals surface area contributed by atoms with Crippen LogP contribution in [0.3, 0.4) is 0 Å². The van der Waals surface area contributed by atoms with Gasteiger partial charge in [-0.3, -0.25) is 9.59 Å². The van der Waals surface area contributed by atoms with Gasteiger partial charge in [0.05, 0.1) is 0 Å². The van der Waals surface area contributed by atoms with Gasteiger partial charge in [0.25, 0.3) is 0 Å². The minimum absolute atomic E-state index is 0.0489. The Morgan fingerprint density at radius 2 is 1.43 bits per heavy atom. The fourth-order valence-corrected chi connectivity index (χ4v) is 2.36. The zero-order valence-electron chi connectivity index (χ0n) is 13.8. The molecule has 0 radical (unpaired) electrons. The minimum atomic E-state index is -0.810. The molecule has 2 N–H and O–H groups in total. The highest BCUT2D eigenvalue weighted by atomic mass is 16.4. The van der Waals surface area contributed by atoms with Crippen molar-refractivity contribution < 1.29 is 14.7 Å². The van der Waals surface area contributed by atoms with Crippen LogP contribution in [-0.2, 0) is 9.59 Å². The van der Waals surface area contributed by atoms with E-state index in [9.17, 15) is 9.59 Å². The van der Waals surface area contributed by atoms with E-state index < -0.39 is 5.97 Å². The van der Waals surface area contributed by atoms with E-state index in [0.29, 0.717) is 12.8 Å². The summed E-state index contributed by atoms with van der Waals surface area (Å²) in [5.74, 6) is -0.758. The first kappa shape index (κ1) is 19.9. The van der Waals surface area contributed by atoms with Crippen LogP contribution >= 0.6 is 0 Å². The summed E-state index contributed by atoms with van der Waals surface area (Å²) in [7, 11) is 0. The van der Waals surface area contributed by atoms with Crippen LogP contribution in [0, 0.1) is 0 Å². The number of carbonyl (C=O) groups is 2. The van der Waals surface area contributed by atoms with Gasteiger partial charge >= 0.3 is 5.97 Å². The zero-order chi connectivity index (χ0) is 15.9. The molecule has 0 rings (SSSR count). The Bertz CT molecular complexity index is 279. The van der Waals surface area contributed by atoms with Crippen molar-refractivity contribution in [2.75, 3.05) is 0 Å². The predicted octanol–water partition coefficient (Wildman–Crippen LogP) is 4.28. The van der Waals surface area contributed by atoms with E-state index in [-0.39, 0.29) is 18.4 Å². The van der Waals surface area contributed by atoms with Gasteiger partial charge in [0.2, 0.25) is 5.91 Å². The van der Waals surface area contributed by atoms with Gasteiger partial charge in [0, 0.05) is 18.9 Å². The normalized spacial score (nSPS) is 12.1. The quantitative estimate of drug-likeness (QED) is 0.470. The molecule has 0 aromatic rings. The van der Waals surface area contributed by atoms with E-state index >= 15 is 0 Å². The van der Waals surface area contributed by atoms with Crippen LogP contribution in [0.5, 0.6) is 0 Å². The standard InChI is InChI=1S/C17H33NO3/c1-3-4-5-6-7-8-9-10-11-12-16(19)18-15(2)13-14-17(20)21/h15H,3-14H2,1-2H3,(H,18,19)(H,20,21). The number of hydrogen-bond acceptors (Lipinski definition) is 2. The molecule has 0 saturated heterocycles. The number of unbranched alkanes of at least 4 members (excludes halogenated alkanes) is 8. The predicted molar refractivity (Wildman–Crippen MR) is 86.3 cm³/mol. The molecule has 0 saturated carbocycles. The van der Waals surface area contributed by atoms with Crippen LogP contribution in [0.2, 0.25) is 0 Å². The van der Waals surface area contributed by atoms with Crippen LogP contribution in [0.25, 0.3) is 0 Å². The lowest BCUT2D eigenvalue weighted by molar-refractivity contribution is -0.137. The number of hydrogen-bond donors (Lipinski definition) is 2. The SMILES string of the molecule is CCCCCCCCCCCC(=O)NC(C)CCC(=O)O. The minimum Gasteiger partial charge on any atom is -0.481 e. The zero-order valence-corrected chi connectivity index (χ0v) is 13.8. The van der Waals surface area contributed by atoms with Gasteiger partial charge in [-0.2, -0.15) is 0 Å². The van der Waals surface area contributed by atoms with Gasteiger partial charge in [-0.15, -0.1) is 0 Å². The summed E-state index contributed by atoms with van der Waals surface area (Å²) in [5.41, 5.74) is 0. The largest absolute Gasteiger partial charge is 0.481 e. The molecule has 0 bridgehead atoms. The maximum absolute atomic E-state index is 11.6. The Kier molecular flexibility index (Phi) is 13.2. The summed E-state index contributed by atoms with van der Waals surface area (Å²) >= 11 is 0. The second-order valence-electron chi connectivity index (χ2n) is 5.98. The molecular formula is C17H33NO3. The molecule has 4 nitrogen and oxygen atoms in total. The third-order valence-electron chi connectivity index (χ3n) is 3.71. The van der Waals surface area contributed by atoms with Crippen molar-refractivity contribution in [3.8, 4) is 0 Å². The van der Waals surface area contributed by atoms with Crippen LogP contribution in [0.4, 0.5) is 0 Å². The van der Waals surface area contributed by atoms with Crippen LogP contribution < -0.4 is 5.32 Å². The molecule has 21 heavy (non-hydrogen) atoms. The van der Waals surface area contributed by atoms with Gasteiger partial charge in [-0.1, -0.05) is 58.3 Å². The number of rotatable bonds is 14. The van der Waals surface area contributed by atoms with E-state index in [1.165, 1.54) is 44.9 Å². The highest BCUT2D eigenvalue weighted by Gasteiger charge is 2.08. The molecule has 1 unspecified atom stereocenters. The molecule has 1 atom stereocenters. The molecule has 0 spiro atoms. The lowest BCUT2D eigenvalue weighted by Gasteiger charge is -2.12. The maximum atomic E-state index is 11.6. The van der Waals surface area contributed by atoms with Crippen LogP contribution in [0.1, 0.15) is 90.9 Å². The number of amides is 1. The van der Waals surface area contributed by atoms with Crippen molar-refractivity contribution in [2.45, 2.75) is 96.9 Å². The Morgan fingerprint density at radius 1 is 0.905 bits per heavy atom. The van der Waals surface area contributed by atoms with Crippen molar-refractivity contribution in [1.82, 2.24) is 5.32 Å². The first-order valence-corrected chi connectivity index (χ1v) is 8.57. The van der Waals surface area contributed by atoms with Crippen molar-refractivity contribution in [1.29, 1.82) is 0 Å². The summed E-state index contributed by atoms with van der Waals surface area (Å²) in [4.78, 5) is 22.1. The van der Waals surface area contributed by atoms with Crippen molar-refractivity contribution in [3.05, 3.63) is 0 Å². The fourth-order valence-electron chi connectivity index (χ4n) is 2.36. The number of nitrogens with one attached hydrogen (secondary N) is 1. The molecule has 124 valence electrons. The second kappa shape index (κ2) is 13.9. The lowest BCUT2D eigenvalue weighted by Crippen LogP contribution is -2.32. The Morgan fingerprint density at radius 3 is 1.95 bits per heavy atom. The summed E-state index contributed by atoms with van der Waals surface area (Å²) in [6, 6.07) is -0.0489. The van der Waals surface area contributed by atoms with Gasteiger partial charge < -0.3 is 10.4 Å². The highest BCUT2D eigenvalue weighted by Crippen LogP contribution is 2.10.